The van der Waals surface area contributed by atoms with Crippen molar-refractivity contribution in [3.8, 4) is 0 Å². The van der Waals surface area contributed by atoms with Crippen molar-refractivity contribution in [1.82, 2.24) is 0 Å². The third-order valence-electron chi connectivity index (χ3n) is 17.2. The van der Waals surface area contributed by atoms with E-state index in [2.05, 4.69) is 41.5 Å². The summed E-state index contributed by atoms with van der Waals surface area (Å²) in [6, 6.07) is 0. The van der Waals surface area contributed by atoms with E-state index in [0.29, 0.717) is 25.7 Å². The number of carbonyl (C=O) groups excluding carboxylic acids is 4. The number of aliphatic hydroxyl groups is 1. The second-order valence-electron chi connectivity index (χ2n) is 27.6. The maximum Gasteiger partial charge on any atom is 0.472 e. The highest BCUT2D eigenvalue weighted by molar-refractivity contribution is 7.47. The predicted molar refractivity (Wildman–Crippen MR) is 377 cm³/mol. The van der Waals surface area contributed by atoms with Gasteiger partial charge in [0.2, 0.25) is 0 Å². The Morgan fingerprint density at radius 3 is 0.731 bits per heavy atom. The third-order valence-corrected chi connectivity index (χ3v) is 19.1. The van der Waals surface area contributed by atoms with Gasteiger partial charge in [-0.3, -0.25) is 37.3 Å². The van der Waals surface area contributed by atoms with Crippen molar-refractivity contribution in [3.05, 3.63) is 0 Å². The van der Waals surface area contributed by atoms with E-state index in [1.807, 2.05) is 0 Å². The molecule has 0 amide bonds. The monoisotopic (exact) mass is 1370 g/mol. The summed E-state index contributed by atoms with van der Waals surface area (Å²) in [4.78, 5) is 72.7. The molecule has 93 heavy (non-hydrogen) atoms. The zero-order chi connectivity index (χ0) is 68.6. The molecule has 0 aliphatic carbocycles. The summed E-state index contributed by atoms with van der Waals surface area (Å²) in [6.45, 7) is 9.58. The van der Waals surface area contributed by atoms with Crippen molar-refractivity contribution in [2.75, 3.05) is 39.6 Å². The molecule has 0 aliphatic rings. The first kappa shape index (κ1) is 91.1. The molecule has 0 saturated carbocycles. The van der Waals surface area contributed by atoms with E-state index in [0.717, 1.165) is 102 Å². The molecule has 0 aromatic carbocycles. The normalized spacial score (nSPS) is 14.1. The highest BCUT2D eigenvalue weighted by Gasteiger charge is 2.30. The molecule has 0 aliphatic heterocycles. The minimum Gasteiger partial charge on any atom is -0.462 e. The lowest BCUT2D eigenvalue weighted by atomic mass is 10.0. The van der Waals surface area contributed by atoms with Crippen molar-refractivity contribution in [2.45, 2.75) is 400 Å². The van der Waals surface area contributed by atoms with Gasteiger partial charge in [0.1, 0.15) is 19.3 Å². The van der Waals surface area contributed by atoms with E-state index in [4.69, 9.17) is 37.0 Å². The van der Waals surface area contributed by atoms with Gasteiger partial charge in [-0.25, -0.2) is 9.13 Å². The molecule has 0 radical (unpaired) electrons. The first-order valence-electron chi connectivity index (χ1n) is 38.5. The number of hydrogen-bond acceptors (Lipinski definition) is 15. The topological polar surface area (TPSA) is 237 Å². The molecular formula is C74H144O17P2. The molecule has 0 rings (SSSR count). The fourth-order valence-electron chi connectivity index (χ4n) is 11.3. The van der Waals surface area contributed by atoms with E-state index < -0.39 is 97.5 Å². The van der Waals surface area contributed by atoms with Gasteiger partial charge >= 0.3 is 39.5 Å². The van der Waals surface area contributed by atoms with Gasteiger partial charge in [0.15, 0.2) is 12.2 Å². The number of aliphatic hydroxyl groups excluding tert-OH is 1. The molecule has 2 unspecified atom stereocenters. The van der Waals surface area contributed by atoms with Crippen LogP contribution in [0.15, 0.2) is 0 Å². The molecule has 0 bridgehead atoms. The molecule has 552 valence electrons. The molecule has 5 atom stereocenters. The van der Waals surface area contributed by atoms with E-state index in [1.54, 1.807) is 0 Å². The van der Waals surface area contributed by atoms with Gasteiger partial charge in [-0.1, -0.05) is 330 Å². The second-order valence-corrected chi connectivity index (χ2v) is 30.5. The first-order valence-corrected chi connectivity index (χ1v) is 41.5. The second kappa shape index (κ2) is 66.0. The van der Waals surface area contributed by atoms with Crippen LogP contribution in [0.4, 0.5) is 0 Å². The van der Waals surface area contributed by atoms with Crippen LogP contribution in [0.25, 0.3) is 0 Å². The lowest BCUT2D eigenvalue weighted by Gasteiger charge is -2.21. The van der Waals surface area contributed by atoms with E-state index in [9.17, 15) is 43.2 Å². The molecule has 0 heterocycles. The fraction of sp³-hybridized carbons (Fsp3) is 0.946. The van der Waals surface area contributed by atoms with Crippen LogP contribution < -0.4 is 0 Å². The van der Waals surface area contributed by atoms with Crippen LogP contribution in [-0.4, -0.2) is 96.7 Å². The molecule has 17 nitrogen and oxygen atoms in total. The van der Waals surface area contributed by atoms with Gasteiger partial charge in [-0.2, -0.15) is 0 Å². The Kier molecular flexibility index (Phi) is 64.6. The van der Waals surface area contributed by atoms with Crippen LogP contribution in [0, 0.1) is 11.8 Å². The molecule has 0 saturated heterocycles. The number of carbonyl (C=O) groups is 4. The zero-order valence-corrected chi connectivity index (χ0v) is 62.3. The van der Waals surface area contributed by atoms with Crippen molar-refractivity contribution < 1.29 is 80.2 Å². The number of unbranched alkanes of at least 4 members (excludes halogenated alkanes) is 43. The van der Waals surface area contributed by atoms with Crippen LogP contribution in [0.5, 0.6) is 0 Å². The van der Waals surface area contributed by atoms with Gasteiger partial charge < -0.3 is 33.8 Å². The smallest absolute Gasteiger partial charge is 0.462 e. The Bertz CT molecular complexity index is 1800. The highest BCUT2D eigenvalue weighted by atomic mass is 31.2. The van der Waals surface area contributed by atoms with Crippen LogP contribution >= 0.6 is 15.6 Å². The Labute approximate surface area is 568 Å². The predicted octanol–water partition coefficient (Wildman–Crippen LogP) is 21.6. The van der Waals surface area contributed by atoms with Crippen LogP contribution in [-0.2, 0) is 65.4 Å². The molecule has 0 fully saturated rings. The highest BCUT2D eigenvalue weighted by Crippen LogP contribution is 2.45. The molecule has 0 aromatic heterocycles. The molecule has 19 heteroatoms. The molecule has 0 spiro atoms. The zero-order valence-electron chi connectivity index (χ0n) is 60.6. The summed E-state index contributed by atoms with van der Waals surface area (Å²) in [5.74, 6) is -0.587. The molecule has 3 N–H and O–H groups in total. The fourth-order valence-corrected chi connectivity index (χ4v) is 12.9. The Balaban J connectivity index is 5.26. The van der Waals surface area contributed by atoms with Gasteiger partial charge in [-0.15, -0.1) is 0 Å². The van der Waals surface area contributed by atoms with Crippen molar-refractivity contribution in [1.29, 1.82) is 0 Å². The van der Waals surface area contributed by atoms with Crippen molar-refractivity contribution in [2.24, 2.45) is 11.8 Å². The van der Waals surface area contributed by atoms with Gasteiger partial charge in [0.25, 0.3) is 0 Å². The van der Waals surface area contributed by atoms with Crippen LogP contribution in [0.2, 0.25) is 0 Å². The number of rotatable bonds is 73. The summed E-state index contributed by atoms with van der Waals surface area (Å²) in [5.41, 5.74) is 0. The summed E-state index contributed by atoms with van der Waals surface area (Å²) in [5, 5.41) is 10.6. The average Bonchev–Trinajstić information content (AvgIpc) is 1.83. The first-order chi connectivity index (χ1) is 44.9. The minimum absolute atomic E-state index is 0.106. The average molecular weight is 1370 g/mol. The maximum absolute atomic E-state index is 13.1. The Morgan fingerprint density at radius 2 is 0.495 bits per heavy atom. The van der Waals surface area contributed by atoms with Crippen LogP contribution in [0.1, 0.15) is 382 Å². The van der Waals surface area contributed by atoms with Gasteiger partial charge in [0.05, 0.1) is 26.4 Å². The SMILES string of the molecule is CCCCCCCCCCCCCCCCC(=O)OC[C@H](COP(=O)(O)OC[C@@H](O)COP(=O)(O)OC[C@@H](COC(=O)CCCCCCCCCCCCC)OC(=O)CCCCCCCCCCCCC(C)C)OC(=O)CCCCCCCCCCCCCCC(C)C. The van der Waals surface area contributed by atoms with Crippen molar-refractivity contribution in [3.63, 3.8) is 0 Å². The number of hydrogen-bond donors (Lipinski definition) is 3. The molecular weight excluding hydrogens is 1220 g/mol. The van der Waals surface area contributed by atoms with E-state index in [1.165, 1.54) is 199 Å². The number of phosphoric ester groups is 2. The van der Waals surface area contributed by atoms with Gasteiger partial charge in [0, 0.05) is 25.7 Å². The quantitative estimate of drug-likeness (QED) is 0.0222. The van der Waals surface area contributed by atoms with Crippen molar-refractivity contribution >= 4 is 39.5 Å². The standard InChI is InChI=1S/C74H144O17P2/c1-7-9-11-13-15-17-19-20-21-26-33-39-45-51-57-72(77)85-63-69(90-73(78)58-52-46-40-34-27-23-22-25-30-36-42-48-54-66(3)4)64-88-92(80,81)86-60-68(75)61-87-93(82,83)89-65-70(62-84-71(76)56-50-44-38-32-24-18-16-14-12-10-8-2)91-74(79)59-53-47-41-35-29-28-31-37-43-49-55-67(5)6/h66-70,75H,7-65H2,1-6H3,(H,80,81)(H,82,83)/t68-,69-,70-/m1/s1. The van der Waals surface area contributed by atoms with E-state index >= 15 is 0 Å². The number of phosphoric acid groups is 2. The molecule has 0 aromatic rings. The minimum atomic E-state index is -4.95. The summed E-state index contributed by atoms with van der Waals surface area (Å²) >= 11 is 0. The maximum atomic E-state index is 13.1. The summed E-state index contributed by atoms with van der Waals surface area (Å²) < 4.78 is 68.5. The van der Waals surface area contributed by atoms with Gasteiger partial charge in [-0.05, 0) is 37.5 Å². The summed E-state index contributed by atoms with van der Waals surface area (Å²) in [6.07, 6.45) is 52.5. The Morgan fingerprint density at radius 1 is 0.290 bits per heavy atom. The lowest BCUT2D eigenvalue weighted by Crippen LogP contribution is -2.30. The number of ether oxygens (including phenoxy) is 4. The largest absolute Gasteiger partial charge is 0.472 e. The third kappa shape index (κ3) is 68.4. The summed E-state index contributed by atoms with van der Waals surface area (Å²) in [7, 11) is -9.91. The lowest BCUT2D eigenvalue weighted by molar-refractivity contribution is -0.161. The number of esters is 4. The van der Waals surface area contributed by atoms with E-state index in [-0.39, 0.29) is 25.7 Å². The Hall–Kier alpha value is -1.94. The van der Waals surface area contributed by atoms with Crippen LogP contribution in [0.3, 0.4) is 0 Å².